The molecule has 0 aromatic heterocycles. The van der Waals surface area contributed by atoms with E-state index in [2.05, 4.69) is 0 Å². The Labute approximate surface area is 117 Å². The zero-order valence-corrected chi connectivity index (χ0v) is 11.1. The largest absolute Gasteiger partial charge is 0.294 e. The molecule has 1 nitrogen and oxygen atoms in total. The van der Waals surface area contributed by atoms with Crippen LogP contribution in [0.2, 0.25) is 0 Å². The fraction of sp³-hybridized carbons (Fsp3) is 0.125. The van der Waals surface area contributed by atoms with Crippen LogP contribution in [0.4, 0.5) is 4.39 Å². The van der Waals surface area contributed by atoms with Gasteiger partial charge in [0.1, 0.15) is 5.82 Å². The predicted molar refractivity (Wildman–Crippen MR) is 78.3 cm³/mol. The molecule has 0 unspecified atom stereocenters. The highest BCUT2D eigenvalue weighted by Crippen LogP contribution is 2.11. The minimum atomic E-state index is -0.268. The molecule has 0 heterocycles. The molecule has 0 aliphatic rings. The Hall–Kier alpha value is -1.87. The van der Waals surface area contributed by atoms with Gasteiger partial charge >= 0.3 is 0 Å². The topological polar surface area (TPSA) is 17.1 Å². The van der Waals surface area contributed by atoms with E-state index in [9.17, 15) is 9.18 Å². The zero-order valence-electron chi connectivity index (χ0n) is 10.3. The molecule has 0 bridgehead atoms. The molecule has 0 N–H and O–H groups in total. The van der Waals surface area contributed by atoms with Gasteiger partial charge in [-0.05, 0) is 29.7 Å². The summed E-state index contributed by atoms with van der Waals surface area (Å²) in [5, 5.41) is 1.57. The standard InChI is InChI=1S/C16H13FOS/c17-15-3-1-2-12(10-15)6-9-16(18)14-7-4-13(11-19)5-8-14/h1-5,7-8,10-11H,6,9H2. The number of hydrogen-bond acceptors (Lipinski definition) is 2. The van der Waals surface area contributed by atoms with E-state index >= 15 is 0 Å². The maximum atomic E-state index is 13.0. The first-order valence-electron chi connectivity index (χ1n) is 6.02. The van der Waals surface area contributed by atoms with Gasteiger partial charge in [0.05, 0.1) is 0 Å². The molecule has 0 spiro atoms. The number of rotatable bonds is 5. The molecule has 2 aromatic rings. The van der Waals surface area contributed by atoms with Crippen LogP contribution in [0, 0.1) is 5.82 Å². The van der Waals surface area contributed by atoms with Crippen LogP contribution in [0.5, 0.6) is 0 Å². The van der Waals surface area contributed by atoms with Gasteiger partial charge in [-0.3, -0.25) is 4.79 Å². The minimum Gasteiger partial charge on any atom is -0.294 e. The predicted octanol–water partition coefficient (Wildman–Crippen LogP) is 3.99. The quantitative estimate of drug-likeness (QED) is 0.604. The molecule has 0 fully saturated rings. The van der Waals surface area contributed by atoms with Crippen molar-refractivity contribution in [2.75, 3.05) is 0 Å². The van der Waals surface area contributed by atoms with E-state index in [1.54, 1.807) is 23.6 Å². The van der Waals surface area contributed by atoms with Crippen LogP contribution in [-0.4, -0.2) is 11.2 Å². The number of aryl methyl sites for hydroxylation is 1. The van der Waals surface area contributed by atoms with E-state index in [1.165, 1.54) is 12.1 Å². The molecule has 0 aliphatic carbocycles. The first kappa shape index (κ1) is 13.6. The number of ketones is 1. The molecule has 2 aromatic carbocycles. The van der Waals surface area contributed by atoms with Crippen molar-refractivity contribution >= 4 is 23.4 Å². The normalized spacial score (nSPS) is 10.2. The SMILES string of the molecule is O=C(CCc1cccc(F)c1)c1ccc(C=S)cc1. The molecule has 0 saturated carbocycles. The number of Topliss-reactive ketones (excluding diaryl/α,β-unsaturated/α-hetero) is 1. The van der Waals surface area contributed by atoms with Crippen molar-refractivity contribution in [1.29, 1.82) is 0 Å². The fourth-order valence-electron chi connectivity index (χ4n) is 1.84. The lowest BCUT2D eigenvalue weighted by molar-refractivity contribution is 0.0983. The van der Waals surface area contributed by atoms with Crippen LogP contribution in [-0.2, 0) is 6.42 Å². The Kier molecular flexibility index (Phi) is 4.53. The highest BCUT2D eigenvalue weighted by Gasteiger charge is 2.06. The zero-order chi connectivity index (χ0) is 13.7. The van der Waals surface area contributed by atoms with Gasteiger partial charge in [-0.25, -0.2) is 4.39 Å². The molecule has 19 heavy (non-hydrogen) atoms. The molecule has 96 valence electrons. The van der Waals surface area contributed by atoms with Crippen LogP contribution >= 0.6 is 12.2 Å². The van der Waals surface area contributed by atoms with E-state index in [0.29, 0.717) is 18.4 Å². The highest BCUT2D eigenvalue weighted by atomic mass is 32.1. The summed E-state index contributed by atoms with van der Waals surface area (Å²) in [5.74, 6) is -0.213. The Morgan fingerprint density at radius 3 is 2.53 bits per heavy atom. The Morgan fingerprint density at radius 2 is 1.89 bits per heavy atom. The number of hydrogen-bond donors (Lipinski definition) is 0. The van der Waals surface area contributed by atoms with Crippen molar-refractivity contribution in [3.05, 3.63) is 71.0 Å². The number of thiocarbonyl (C=S) groups is 1. The Balaban J connectivity index is 1.99. The van der Waals surface area contributed by atoms with Crippen LogP contribution in [0.3, 0.4) is 0 Å². The van der Waals surface area contributed by atoms with Crippen molar-refractivity contribution in [3.8, 4) is 0 Å². The Bertz CT molecular complexity index is 590. The number of benzene rings is 2. The molecule has 3 heteroatoms. The van der Waals surface area contributed by atoms with Crippen molar-refractivity contribution in [2.45, 2.75) is 12.8 Å². The number of carbonyl (C=O) groups excluding carboxylic acids is 1. The molecular formula is C16H13FOS. The lowest BCUT2D eigenvalue weighted by Gasteiger charge is -2.02. The highest BCUT2D eigenvalue weighted by molar-refractivity contribution is 7.79. The Morgan fingerprint density at radius 1 is 1.16 bits per heavy atom. The van der Waals surface area contributed by atoms with Gasteiger partial charge in [0, 0.05) is 17.4 Å². The number of halogens is 1. The summed E-state index contributed by atoms with van der Waals surface area (Å²) in [4.78, 5) is 12.0. The maximum absolute atomic E-state index is 13.0. The van der Waals surface area contributed by atoms with Gasteiger partial charge in [-0.15, -0.1) is 0 Å². The van der Waals surface area contributed by atoms with E-state index < -0.39 is 0 Å². The molecule has 0 atom stereocenters. The molecule has 0 radical (unpaired) electrons. The second kappa shape index (κ2) is 6.34. The van der Waals surface area contributed by atoms with Crippen LogP contribution in [0.1, 0.15) is 27.9 Å². The van der Waals surface area contributed by atoms with E-state index in [4.69, 9.17) is 12.2 Å². The molecule has 0 amide bonds. The van der Waals surface area contributed by atoms with Crippen LogP contribution < -0.4 is 0 Å². The first-order chi connectivity index (χ1) is 9.19. The van der Waals surface area contributed by atoms with E-state index in [-0.39, 0.29) is 11.6 Å². The van der Waals surface area contributed by atoms with Gasteiger partial charge < -0.3 is 0 Å². The van der Waals surface area contributed by atoms with Crippen molar-refractivity contribution in [1.82, 2.24) is 0 Å². The molecule has 2 rings (SSSR count). The molecule has 0 saturated heterocycles. The number of carbonyl (C=O) groups is 1. The van der Waals surface area contributed by atoms with Gasteiger partial charge in [-0.2, -0.15) is 0 Å². The summed E-state index contributed by atoms with van der Waals surface area (Å²) in [6.45, 7) is 0. The second-order valence-electron chi connectivity index (χ2n) is 4.29. The van der Waals surface area contributed by atoms with Crippen LogP contribution in [0.15, 0.2) is 48.5 Å². The first-order valence-corrected chi connectivity index (χ1v) is 6.49. The molecular weight excluding hydrogens is 259 g/mol. The van der Waals surface area contributed by atoms with Gasteiger partial charge in [-0.1, -0.05) is 48.6 Å². The van der Waals surface area contributed by atoms with Gasteiger partial charge in [0.25, 0.3) is 0 Å². The van der Waals surface area contributed by atoms with Crippen molar-refractivity contribution < 1.29 is 9.18 Å². The summed E-state index contributed by atoms with van der Waals surface area (Å²) in [6, 6.07) is 13.5. The lowest BCUT2D eigenvalue weighted by Crippen LogP contribution is -2.01. The van der Waals surface area contributed by atoms with E-state index in [0.717, 1.165) is 11.1 Å². The second-order valence-corrected chi connectivity index (χ2v) is 4.53. The van der Waals surface area contributed by atoms with Crippen molar-refractivity contribution in [2.24, 2.45) is 0 Å². The summed E-state index contributed by atoms with van der Waals surface area (Å²) in [7, 11) is 0. The van der Waals surface area contributed by atoms with Gasteiger partial charge in [0.15, 0.2) is 5.78 Å². The minimum absolute atomic E-state index is 0.0557. The molecule has 0 aliphatic heterocycles. The smallest absolute Gasteiger partial charge is 0.163 e. The van der Waals surface area contributed by atoms with Crippen molar-refractivity contribution in [3.63, 3.8) is 0 Å². The summed E-state index contributed by atoms with van der Waals surface area (Å²) in [5.41, 5.74) is 2.41. The average molecular weight is 272 g/mol. The van der Waals surface area contributed by atoms with E-state index in [1.807, 2.05) is 18.2 Å². The summed E-state index contributed by atoms with van der Waals surface area (Å²) in [6.07, 6.45) is 0.923. The third kappa shape index (κ3) is 3.80. The average Bonchev–Trinajstić information content (AvgIpc) is 2.45. The summed E-state index contributed by atoms with van der Waals surface area (Å²) >= 11 is 4.81. The monoisotopic (exact) mass is 272 g/mol. The van der Waals surface area contributed by atoms with Gasteiger partial charge in [0.2, 0.25) is 0 Å². The maximum Gasteiger partial charge on any atom is 0.163 e. The van der Waals surface area contributed by atoms with Crippen LogP contribution in [0.25, 0.3) is 0 Å². The fourth-order valence-corrected chi connectivity index (χ4v) is 2.00. The summed E-state index contributed by atoms with van der Waals surface area (Å²) < 4.78 is 13.0. The lowest BCUT2D eigenvalue weighted by atomic mass is 10.0. The third-order valence-corrected chi connectivity index (χ3v) is 3.17. The third-order valence-electron chi connectivity index (χ3n) is 2.90.